The molecule has 0 heterocycles. The average molecular weight is 191 g/mol. The second-order valence-corrected chi connectivity index (χ2v) is 2.96. The van der Waals surface area contributed by atoms with E-state index in [0.717, 1.165) is 0 Å². The standard InChI is InChI=1S/C2H8ClN2O4P/c3-1-2-5-9-10(6,7)8-4/h5H,1-2,4H2,(H,6,7). The zero-order chi connectivity index (χ0) is 8.04. The smallest absolute Gasteiger partial charge is 0.301 e. The molecule has 1 atom stereocenters. The largest absolute Gasteiger partial charge is 0.505 e. The zero-order valence-electron chi connectivity index (χ0n) is 4.99. The molecule has 1 unspecified atom stereocenters. The van der Waals surface area contributed by atoms with Crippen LogP contribution in [0.4, 0.5) is 0 Å². The first-order chi connectivity index (χ1) is 4.62. The molecule has 0 aliphatic carbocycles. The molecule has 6 nitrogen and oxygen atoms in total. The Morgan fingerprint density at radius 2 is 2.40 bits per heavy atom. The summed E-state index contributed by atoms with van der Waals surface area (Å²) in [5.41, 5.74) is 2.08. The van der Waals surface area contributed by atoms with Crippen molar-refractivity contribution in [1.82, 2.24) is 5.48 Å². The van der Waals surface area contributed by atoms with E-state index in [0.29, 0.717) is 0 Å². The molecule has 0 aromatic carbocycles. The lowest BCUT2D eigenvalue weighted by molar-refractivity contribution is 0.100. The Morgan fingerprint density at radius 3 is 2.80 bits per heavy atom. The number of alkyl halides is 1. The quantitative estimate of drug-likeness (QED) is 0.239. The SMILES string of the molecule is NOP(=O)(O)ONCCCl. The molecular formula is C2H8ClN2O4P. The maximum Gasteiger partial charge on any atom is 0.505 e. The van der Waals surface area contributed by atoms with Gasteiger partial charge in [0.05, 0.1) is 0 Å². The van der Waals surface area contributed by atoms with Crippen LogP contribution in [0.5, 0.6) is 0 Å². The predicted molar refractivity (Wildman–Crippen MR) is 34.9 cm³/mol. The van der Waals surface area contributed by atoms with Crippen LogP contribution in [0.15, 0.2) is 0 Å². The van der Waals surface area contributed by atoms with Crippen LogP contribution >= 0.6 is 19.4 Å². The van der Waals surface area contributed by atoms with Gasteiger partial charge in [-0.2, -0.15) is 14.7 Å². The van der Waals surface area contributed by atoms with E-state index in [1.807, 2.05) is 0 Å². The van der Waals surface area contributed by atoms with E-state index >= 15 is 0 Å². The van der Waals surface area contributed by atoms with Gasteiger partial charge in [-0.15, -0.1) is 11.6 Å². The molecule has 0 fully saturated rings. The normalized spacial score (nSPS) is 16.7. The highest BCUT2D eigenvalue weighted by atomic mass is 35.5. The van der Waals surface area contributed by atoms with E-state index in [1.54, 1.807) is 0 Å². The molecular weight excluding hydrogens is 182 g/mol. The molecule has 0 radical (unpaired) electrons. The lowest BCUT2D eigenvalue weighted by Gasteiger charge is -2.06. The fourth-order valence-corrected chi connectivity index (χ4v) is 0.562. The highest BCUT2D eigenvalue weighted by Crippen LogP contribution is 2.38. The lowest BCUT2D eigenvalue weighted by Crippen LogP contribution is -2.17. The summed E-state index contributed by atoms with van der Waals surface area (Å²) in [5, 5.41) is 0. The summed E-state index contributed by atoms with van der Waals surface area (Å²) in [4.78, 5) is 8.43. The minimum Gasteiger partial charge on any atom is -0.301 e. The Kier molecular flexibility index (Phi) is 5.20. The Hall–Kier alpha value is 0.320. The predicted octanol–water partition coefficient (Wildman–Crippen LogP) is -0.263. The van der Waals surface area contributed by atoms with Gasteiger partial charge in [0.2, 0.25) is 0 Å². The number of rotatable bonds is 5. The second kappa shape index (κ2) is 5.03. The van der Waals surface area contributed by atoms with Gasteiger partial charge in [-0.05, 0) is 0 Å². The van der Waals surface area contributed by atoms with E-state index in [-0.39, 0.29) is 12.4 Å². The number of hydroxylamine groups is 1. The third-order valence-electron chi connectivity index (χ3n) is 0.510. The summed E-state index contributed by atoms with van der Waals surface area (Å²) in [5.74, 6) is 4.63. The maximum atomic E-state index is 10.3. The Labute approximate surface area is 62.8 Å². The van der Waals surface area contributed by atoms with Crippen LogP contribution in [0.25, 0.3) is 0 Å². The van der Waals surface area contributed by atoms with Crippen LogP contribution in [0.3, 0.4) is 0 Å². The minimum atomic E-state index is -4.10. The number of nitrogens with one attached hydrogen (secondary N) is 1. The number of hydrogen-bond donors (Lipinski definition) is 3. The van der Waals surface area contributed by atoms with Gasteiger partial charge >= 0.3 is 7.82 Å². The summed E-state index contributed by atoms with van der Waals surface area (Å²) < 4.78 is 18.0. The van der Waals surface area contributed by atoms with Gasteiger partial charge in [0.25, 0.3) is 0 Å². The Bertz CT molecular complexity index is 132. The highest BCUT2D eigenvalue weighted by molar-refractivity contribution is 7.47. The summed E-state index contributed by atoms with van der Waals surface area (Å²) in [6, 6.07) is 0. The van der Waals surface area contributed by atoms with Gasteiger partial charge in [-0.1, -0.05) is 0 Å². The van der Waals surface area contributed by atoms with Gasteiger partial charge in [0, 0.05) is 12.4 Å². The monoisotopic (exact) mass is 190 g/mol. The minimum absolute atomic E-state index is 0.232. The number of hydrogen-bond acceptors (Lipinski definition) is 5. The molecule has 0 saturated heterocycles. The van der Waals surface area contributed by atoms with E-state index in [1.165, 1.54) is 0 Å². The first-order valence-electron chi connectivity index (χ1n) is 2.31. The van der Waals surface area contributed by atoms with Crippen molar-refractivity contribution in [2.24, 2.45) is 5.90 Å². The maximum absolute atomic E-state index is 10.3. The molecule has 0 bridgehead atoms. The van der Waals surface area contributed by atoms with Gasteiger partial charge in [-0.25, -0.2) is 10.5 Å². The van der Waals surface area contributed by atoms with Crippen LogP contribution in [-0.4, -0.2) is 17.3 Å². The van der Waals surface area contributed by atoms with Gasteiger partial charge < -0.3 is 4.89 Å². The van der Waals surface area contributed by atoms with Crippen LogP contribution in [0.2, 0.25) is 0 Å². The molecule has 0 amide bonds. The third-order valence-corrected chi connectivity index (χ3v) is 1.32. The average Bonchev–Trinajstić information content (AvgIpc) is 1.89. The van der Waals surface area contributed by atoms with Gasteiger partial charge in [0.15, 0.2) is 0 Å². The first-order valence-corrected chi connectivity index (χ1v) is 4.34. The molecule has 0 aliphatic heterocycles. The lowest BCUT2D eigenvalue weighted by atomic mass is 10.8. The van der Waals surface area contributed by atoms with Crippen molar-refractivity contribution in [1.29, 1.82) is 0 Å². The molecule has 4 N–H and O–H groups in total. The molecule has 0 saturated carbocycles. The molecule has 8 heteroatoms. The van der Waals surface area contributed by atoms with Crippen LogP contribution in [0, 0.1) is 0 Å². The van der Waals surface area contributed by atoms with Crippen molar-refractivity contribution in [3.8, 4) is 0 Å². The molecule has 0 aliphatic rings. The molecule has 0 aromatic rings. The highest BCUT2D eigenvalue weighted by Gasteiger charge is 2.18. The number of nitrogens with two attached hydrogens (primary N) is 1. The second-order valence-electron chi connectivity index (χ2n) is 1.25. The topological polar surface area (TPSA) is 93.8 Å². The Morgan fingerprint density at radius 1 is 1.80 bits per heavy atom. The van der Waals surface area contributed by atoms with Crippen LogP contribution < -0.4 is 11.4 Å². The third kappa shape index (κ3) is 5.13. The summed E-state index contributed by atoms with van der Waals surface area (Å²) in [6.07, 6.45) is 0. The molecule has 10 heavy (non-hydrogen) atoms. The molecule has 0 spiro atoms. The fraction of sp³-hybridized carbons (Fsp3) is 1.00. The zero-order valence-corrected chi connectivity index (χ0v) is 6.64. The molecule has 0 rings (SSSR count). The van der Waals surface area contributed by atoms with E-state index < -0.39 is 7.82 Å². The van der Waals surface area contributed by atoms with Crippen LogP contribution in [0.1, 0.15) is 0 Å². The van der Waals surface area contributed by atoms with Crippen molar-refractivity contribution >= 4 is 19.4 Å². The number of phosphoric acid groups is 1. The van der Waals surface area contributed by atoms with Crippen molar-refractivity contribution in [3.63, 3.8) is 0 Å². The van der Waals surface area contributed by atoms with E-state index in [2.05, 4.69) is 20.6 Å². The van der Waals surface area contributed by atoms with Gasteiger partial charge in [0.1, 0.15) is 0 Å². The summed E-state index contributed by atoms with van der Waals surface area (Å²) >= 11 is 5.19. The van der Waals surface area contributed by atoms with Crippen molar-refractivity contribution in [2.45, 2.75) is 0 Å². The summed E-state index contributed by atoms with van der Waals surface area (Å²) in [7, 11) is -4.10. The Balaban J connectivity index is 3.38. The first kappa shape index (κ1) is 10.3. The van der Waals surface area contributed by atoms with Gasteiger partial charge in [-0.3, -0.25) is 0 Å². The van der Waals surface area contributed by atoms with Crippen molar-refractivity contribution in [3.05, 3.63) is 0 Å². The number of halogens is 1. The summed E-state index contributed by atoms with van der Waals surface area (Å²) in [6.45, 7) is 0.232. The van der Waals surface area contributed by atoms with E-state index in [4.69, 9.17) is 16.5 Å². The molecule has 0 aromatic heterocycles. The van der Waals surface area contributed by atoms with Crippen molar-refractivity contribution in [2.75, 3.05) is 12.4 Å². The molecule has 62 valence electrons. The van der Waals surface area contributed by atoms with E-state index in [9.17, 15) is 4.57 Å². The van der Waals surface area contributed by atoms with Crippen LogP contribution in [-0.2, 0) is 13.8 Å². The fourth-order valence-electron chi connectivity index (χ4n) is 0.187. The van der Waals surface area contributed by atoms with Crippen molar-refractivity contribution < 1.29 is 18.7 Å².